The summed E-state index contributed by atoms with van der Waals surface area (Å²) in [7, 11) is 0. The molecule has 2 aromatic heterocycles. The van der Waals surface area contributed by atoms with Gasteiger partial charge in [-0.2, -0.15) is 0 Å². The van der Waals surface area contributed by atoms with Gasteiger partial charge in [-0.15, -0.1) is 0 Å². The quantitative estimate of drug-likeness (QED) is 0.708. The minimum absolute atomic E-state index is 0.792. The average molecular weight is 211 g/mol. The molecule has 4 heteroatoms. The number of aromatic nitrogens is 2. The van der Waals surface area contributed by atoms with Crippen LogP contribution in [0.1, 0.15) is 0 Å². The van der Waals surface area contributed by atoms with Crippen LogP contribution < -0.4 is 5.32 Å². The second-order valence-corrected chi connectivity index (χ2v) is 3.40. The van der Waals surface area contributed by atoms with E-state index < -0.39 is 0 Å². The Morgan fingerprint density at radius 1 is 1.00 bits per heavy atom. The van der Waals surface area contributed by atoms with Crippen molar-refractivity contribution in [3.8, 4) is 0 Å². The fraction of sp³-hybridized carbons (Fsp3) is 0. The summed E-state index contributed by atoms with van der Waals surface area (Å²) in [5.41, 5.74) is 3.62. The fourth-order valence-electron chi connectivity index (χ4n) is 1.54. The molecule has 16 heavy (non-hydrogen) atoms. The van der Waals surface area contributed by atoms with E-state index in [4.69, 9.17) is 4.42 Å². The smallest absolute Gasteiger partial charge is 0.181 e. The number of fused-ring (bicyclic) bond motifs is 1. The molecular formula is C12H9N3O. The summed E-state index contributed by atoms with van der Waals surface area (Å²) < 4.78 is 5.17. The molecule has 1 aromatic carbocycles. The van der Waals surface area contributed by atoms with Gasteiger partial charge in [-0.25, -0.2) is 4.98 Å². The molecular weight excluding hydrogens is 202 g/mol. The summed E-state index contributed by atoms with van der Waals surface area (Å²) in [5, 5.41) is 3.26. The normalized spacial score (nSPS) is 10.5. The highest BCUT2D eigenvalue weighted by Crippen LogP contribution is 2.20. The number of benzene rings is 1. The van der Waals surface area contributed by atoms with Crippen molar-refractivity contribution in [2.24, 2.45) is 0 Å². The maximum absolute atomic E-state index is 5.17. The molecule has 0 aliphatic carbocycles. The second kappa shape index (κ2) is 3.66. The van der Waals surface area contributed by atoms with E-state index in [0.29, 0.717) is 0 Å². The standard InChI is InChI=1S/C12H9N3O/c1-2-12-11(14-8-16-12)7-10(1)15-9-3-5-13-6-4-9/h1-8H,(H,13,15). The molecule has 0 atom stereocenters. The van der Waals surface area contributed by atoms with E-state index >= 15 is 0 Å². The third kappa shape index (κ3) is 1.61. The van der Waals surface area contributed by atoms with Gasteiger partial charge in [0, 0.05) is 23.8 Å². The van der Waals surface area contributed by atoms with Gasteiger partial charge < -0.3 is 9.73 Å². The predicted molar refractivity (Wildman–Crippen MR) is 61.5 cm³/mol. The number of anilines is 2. The Morgan fingerprint density at radius 2 is 1.88 bits per heavy atom. The lowest BCUT2D eigenvalue weighted by atomic mass is 10.2. The molecule has 0 bridgehead atoms. The average Bonchev–Trinajstić information content (AvgIpc) is 2.77. The first-order chi connectivity index (χ1) is 7.92. The molecule has 0 radical (unpaired) electrons. The molecule has 0 saturated heterocycles. The molecule has 0 fully saturated rings. The van der Waals surface area contributed by atoms with Crippen molar-refractivity contribution in [1.82, 2.24) is 9.97 Å². The fourth-order valence-corrected chi connectivity index (χ4v) is 1.54. The van der Waals surface area contributed by atoms with E-state index in [-0.39, 0.29) is 0 Å². The van der Waals surface area contributed by atoms with Crippen LogP contribution >= 0.6 is 0 Å². The van der Waals surface area contributed by atoms with Gasteiger partial charge in [0.1, 0.15) is 5.52 Å². The first-order valence-corrected chi connectivity index (χ1v) is 4.92. The Hall–Kier alpha value is -2.36. The van der Waals surface area contributed by atoms with Crippen LogP contribution in [-0.4, -0.2) is 9.97 Å². The van der Waals surface area contributed by atoms with Gasteiger partial charge >= 0.3 is 0 Å². The summed E-state index contributed by atoms with van der Waals surface area (Å²) >= 11 is 0. The highest BCUT2D eigenvalue weighted by atomic mass is 16.3. The lowest BCUT2D eigenvalue weighted by Gasteiger charge is -2.04. The monoisotopic (exact) mass is 211 g/mol. The topological polar surface area (TPSA) is 51.0 Å². The number of hydrogen-bond donors (Lipinski definition) is 1. The van der Waals surface area contributed by atoms with Crippen molar-refractivity contribution in [3.05, 3.63) is 49.1 Å². The van der Waals surface area contributed by atoms with E-state index in [2.05, 4.69) is 15.3 Å². The largest absolute Gasteiger partial charge is 0.443 e. The molecule has 0 unspecified atom stereocenters. The minimum Gasteiger partial charge on any atom is -0.443 e. The Bertz CT molecular complexity index is 604. The van der Waals surface area contributed by atoms with Crippen LogP contribution in [0.25, 0.3) is 11.1 Å². The maximum atomic E-state index is 5.17. The SMILES string of the molecule is c1cc(Nc2ccc3ocnc3c2)ccn1. The van der Waals surface area contributed by atoms with E-state index in [1.165, 1.54) is 6.39 Å². The number of hydrogen-bond acceptors (Lipinski definition) is 4. The van der Waals surface area contributed by atoms with Crippen molar-refractivity contribution in [2.45, 2.75) is 0 Å². The summed E-state index contributed by atoms with van der Waals surface area (Å²) in [6, 6.07) is 9.61. The maximum Gasteiger partial charge on any atom is 0.181 e. The van der Waals surface area contributed by atoms with Crippen molar-refractivity contribution < 1.29 is 4.42 Å². The van der Waals surface area contributed by atoms with Crippen LogP contribution in [0, 0.1) is 0 Å². The number of nitrogens with zero attached hydrogens (tertiary/aromatic N) is 2. The van der Waals surface area contributed by atoms with Crippen LogP contribution in [0.15, 0.2) is 53.5 Å². The highest BCUT2D eigenvalue weighted by Gasteiger charge is 2.00. The molecule has 3 rings (SSSR count). The highest BCUT2D eigenvalue weighted by molar-refractivity contribution is 5.78. The second-order valence-electron chi connectivity index (χ2n) is 3.40. The predicted octanol–water partition coefficient (Wildman–Crippen LogP) is 2.97. The number of pyridine rings is 1. The third-order valence-corrected chi connectivity index (χ3v) is 2.30. The van der Waals surface area contributed by atoms with Gasteiger partial charge in [0.05, 0.1) is 0 Å². The number of nitrogens with one attached hydrogen (secondary N) is 1. The van der Waals surface area contributed by atoms with Crippen LogP contribution in [0.3, 0.4) is 0 Å². The van der Waals surface area contributed by atoms with Crippen LogP contribution in [0.2, 0.25) is 0 Å². The molecule has 3 aromatic rings. The summed E-state index contributed by atoms with van der Waals surface area (Å²) in [6.07, 6.45) is 4.94. The summed E-state index contributed by atoms with van der Waals surface area (Å²) in [5.74, 6) is 0. The molecule has 0 aliphatic rings. The van der Waals surface area contributed by atoms with Gasteiger partial charge in [-0.05, 0) is 30.3 Å². The molecule has 0 aliphatic heterocycles. The van der Waals surface area contributed by atoms with Crippen LogP contribution in [-0.2, 0) is 0 Å². The zero-order valence-corrected chi connectivity index (χ0v) is 8.42. The van der Waals surface area contributed by atoms with Gasteiger partial charge in [0.15, 0.2) is 12.0 Å². The Morgan fingerprint density at radius 3 is 2.75 bits per heavy atom. The van der Waals surface area contributed by atoms with Crippen molar-refractivity contribution >= 4 is 22.5 Å². The van der Waals surface area contributed by atoms with Gasteiger partial charge in [0.2, 0.25) is 0 Å². The Labute approximate surface area is 92.0 Å². The third-order valence-electron chi connectivity index (χ3n) is 2.30. The Balaban J connectivity index is 1.94. The zero-order chi connectivity index (χ0) is 10.8. The van der Waals surface area contributed by atoms with E-state index in [0.717, 1.165) is 22.5 Å². The van der Waals surface area contributed by atoms with Gasteiger partial charge in [0.25, 0.3) is 0 Å². The van der Waals surface area contributed by atoms with Gasteiger partial charge in [-0.1, -0.05) is 0 Å². The van der Waals surface area contributed by atoms with Crippen molar-refractivity contribution in [1.29, 1.82) is 0 Å². The first-order valence-electron chi connectivity index (χ1n) is 4.92. The van der Waals surface area contributed by atoms with Crippen molar-refractivity contribution in [2.75, 3.05) is 5.32 Å². The number of oxazole rings is 1. The van der Waals surface area contributed by atoms with E-state index in [1.54, 1.807) is 12.4 Å². The first kappa shape index (κ1) is 8.91. The summed E-state index contributed by atoms with van der Waals surface area (Å²) in [4.78, 5) is 8.06. The summed E-state index contributed by atoms with van der Waals surface area (Å²) in [6.45, 7) is 0. The lowest BCUT2D eigenvalue weighted by Crippen LogP contribution is -1.89. The van der Waals surface area contributed by atoms with Gasteiger partial charge in [-0.3, -0.25) is 4.98 Å². The molecule has 0 amide bonds. The minimum atomic E-state index is 0.792. The molecule has 0 saturated carbocycles. The Kier molecular flexibility index (Phi) is 2.04. The number of rotatable bonds is 2. The van der Waals surface area contributed by atoms with Crippen LogP contribution in [0.4, 0.5) is 11.4 Å². The molecule has 2 heterocycles. The van der Waals surface area contributed by atoms with Crippen molar-refractivity contribution in [3.63, 3.8) is 0 Å². The molecule has 1 N–H and O–H groups in total. The lowest BCUT2D eigenvalue weighted by molar-refractivity contribution is 0.602. The zero-order valence-electron chi connectivity index (χ0n) is 8.42. The van der Waals surface area contributed by atoms with E-state index in [9.17, 15) is 0 Å². The molecule has 0 spiro atoms. The van der Waals surface area contributed by atoms with E-state index in [1.807, 2.05) is 30.3 Å². The molecule has 4 nitrogen and oxygen atoms in total. The molecule has 78 valence electrons. The van der Waals surface area contributed by atoms with Crippen LogP contribution in [0.5, 0.6) is 0 Å².